The molecule has 3 nitrogen and oxygen atoms in total. The van der Waals surface area contributed by atoms with E-state index in [2.05, 4.69) is 9.97 Å². The van der Waals surface area contributed by atoms with Crippen molar-refractivity contribution < 1.29 is 9.13 Å². The van der Waals surface area contributed by atoms with Gasteiger partial charge in [-0.2, -0.15) is 11.8 Å². The molecule has 0 unspecified atom stereocenters. The molecule has 0 N–H and O–H groups in total. The fourth-order valence-corrected chi connectivity index (χ4v) is 2.33. The van der Waals surface area contributed by atoms with Crippen LogP contribution in [0.15, 0.2) is 36.5 Å². The smallest absolute Gasteiger partial charge is 0.159 e. The number of methoxy groups -OCH3 is 1. The van der Waals surface area contributed by atoms with Crippen LogP contribution < -0.4 is 0 Å². The van der Waals surface area contributed by atoms with Gasteiger partial charge in [0.05, 0.1) is 12.3 Å². The van der Waals surface area contributed by atoms with Crippen LogP contribution in [0, 0.1) is 5.82 Å². The van der Waals surface area contributed by atoms with Gasteiger partial charge in [0.2, 0.25) is 0 Å². The SMILES string of the molecule is COCCSCc1ccnc(-c2ccc(F)cc2)n1. The van der Waals surface area contributed by atoms with E-state index < -0.39 is 0 Å². The molecule has 100 valence electrons. The molecule has 0 spiro atoms. The average molecular weight is 278 g/mol. The second kappa shape index (κ2) is 7.21. The number of rotatable bonds is 6. The molecule has 2 rings (SSSR count). The van der Waals surface area contributed by atoms with Gasteiger partial charge >= 0.3 is 0 Å². The first-order chi connectivity index (χ1) is 9.29. The number of thioether (sulfide) groups is 1. The number of nitrogens with zero attached hydrogens (tertiary/aromatic N) is 2. The number of halogens is 1. The van der Waals surface area contributed by atoms with Crippen LogP contribution in [0.2, 0.25) is 0 Å². The minimum absolute atomic E-state index is 0.255. The Labute approximate surface area is 116 Å². The predicted octanol–water partition coefficient (Wildman–Crippen LogP) is 3.16. The van der Waals surface area contributed by atoms with Crippen LogP contribution in [0.25, 0.3) is 11.4 Å². The van der Waals surface area contributed by atoms with E-state index in [1.807, 2.05) is 6.07 Å². The van der Waals surface area contributed by atoms with Gasteiger partial charge in [-0.3, -0.25) is 0 Å². The van der Waals surface area contributed by atoms with Crippen molar-refractivity contribution >= 4 is 11.8 Å². The minimum atomic E-state index is -0.255. The summed E-state index contributed by atoms with van der Waals surface area (Å²) in [6.07, 6.45) is 1.73. The van der Waals surface area contributed by atoms with Crippen molar-refractivity contribution in [1.82, 2.24) is 9.97 Å². The summed E-state index contributed by atoms with van der Waals surface area (Å²) in [5.41, 5.74) is 1.79. The molecular formula is C14H15FN2OS. The highest BCUT2D eigenvalue weighted by Gasteiger charge is 2.03. The maximum absolute atomic E-state index is 12.9. The summed E-state index contributed by atoms with van der Waals surface area (Å²) in [7, 11) is 1.69. The molecule has 1 heterocycles. The summed E-state index contributed by atoms with van der Waals surface area (Å²) in [4.78, 5) is 8.69. The average Bonchev–Trinajstić information content (AvgIpc) is 2.45. The summed E-state index contributed by atoms with van der Waals surface area (Å²) in [6, 6.07) is 8.10. The number of aromatic nitrogens is 2. The predicted molar refractivity (Wildman–Crippen MR) is 75.5 cm³/mol. The molecule has 0 aliphatic carbocycles. The normalized spacial score (nSPS) is 10.6. The molecule has 0 aliphatic rings. The van der Waals surface area contributed by atoms with Gasteiger partial charge in [0.1, 0.15) is 5.82 Å². The topological polar surface area (TPSA) is 35.0 Å². The maximum Gasteiger partial charge on any atom is 0.159 e. The molecule has 19 heavy (non-hydrogen) atoms. The standard InChI is InChI=1S/C14H15FN2OS/c1-18-8-9-19-10-13-6-7-16-14(17-13)11-2-4-12(15)5-3-11/h2-7H,8-10H2,1H3. The van der Waals surface area contributed by atoms with Gasteiger partial charge in [0.25, 0.3) is 0 Å². The van der Waals surface area contributed by atoms with E-state index in [-0.39, 0.29) is 5.82 Å². The molecular weight excluding hydrogens is 263 g/mol. The summed E-state index contributed by atoms with van der Waals surface area (Å²) in [5.74, 6) is 2.13. The molecule has 0 atom stereocenters. The number of benzene rings is 1. The van der Waals surface area contributed by atoms with Gasteiger partial charge in [-0.1, -0.05) is 0 Å². The first kappa shape index (κ1) is 14.0. The monoisotopic (exact) mass is 278 g/mol. The summed E-state index contributed by atoms with van der Waals surface area (Å²) in [6.45, 7) is 0.737. The summed E-state index contributed by atoms with van der Waals surface area (Å²) < 4.78 is 17.9. The second-order valence-electron chi connectivity index (χ2n) is 3.92. The van der Waals surface area contributed by atoms with Gasteiger partial charge in [0.15, 0.2) is 5.82 Å². The quantitative estimate of drug-likeness (QED) is 0.760. The molecule has 0 aliphatic heterocycles. The lowest BCUT2D eigenvalue weighted by Crippen LogP contribution is -1.96. The Morgan fingerprint density at radius 2 is 2.00 bits per heavy atom. The Balaban J connectivity index is 2.04. The Morgan fingerprint density at radius 1 is 1.21 bits per heavy atom. The minimum Gasteiger partial charge on any atom is -0.384 e. The van der Waals surface area contributed by atoms with Crippen LogP contribution in [0.1, 0.15) is 5.69 Å². The highest BCUT2D eigenvalue weighted by atomic mass is 32.2. The Kier molecular flexibility index (Phi) is 5.30. The molecule has 1 aromatic carbocycles. The van der Waals surface area contributed by atoms with Gasteiger partial charge < -0.3 is 4.74 Å². The molecule has 1 aromatic heterocycles. The third kappa shape index (κ3) is 4.29. The lowest BCUT2D eigenvalue weighted by Gasteiger charge is -2.04. The lowest BCUT2D eigenvalue weighted by atomic mass is 10.2. The van der Waals surface area contributed by atoms with Crippen molar-refractivity contribution in [3.8, 4) is 11.4 Å². The second-order valence-corrected chi connectivity index (χ2v) is 5.03. The Morgan fingerprint density at radius 3 is 2.74 bits per heavy atom. The van der Waals surface area contributed by atoms with Crippen molar-refractivity contribution in [2.75, 3.05) is 19.5 Å². The third-order valence-corrected chi connectivity index (χ3v) is 3.45. The third-order valence-electron chi connectivity index (χ3n) is 2.50. The number of ether oxygens (including phenoxy) is 1. The van der Waals surface area contributed by atoms with Gasteiger partial charge in [0, 0.05) is 30.4 Å². The van der Waals surface area contributed by atoms with Crippen molar-refractivity contribution in [3.05, 3.63) is 48.0 Å². The molecule has 0 amide bonds. The number of hydrogen-bond donors (Lipinski definition) is 0. The van der Waals surface area contributed by atoms with E-state index in [1.165, 1.54) is 12.1 Å². The molecule has 5 heteroatoms. The van der Waals surface area contributed by atoms with Crippen molar-refractivity contribution in [1.29, 1.82) is 0 Å². The molecule has 0 radical (unpaired) electrons. The molecule has 0 saturated heterocycles. The number of hydrogen-bond acceptors (Lipinski definition) is 4. The fraction of sp³-hybridized carbons (Fsp3) is 0.286. The highest BCUT2D eigenvalue weighted by Crippen LogP contribution is 2.17. The Hall–Kier alpha value is -1.46. The summed E-state index contributed by atoms with van der Waals surface area (Å²) in [5, 5.41) is 0. The molecule has 0 fully saturated rings. The van der Waals surface area contributed by atoms with Crippen LogP contribution in [0.5, 0.6) is 0 Å². The largest absolute Gasteiger partial charge is 0.384 e. The van der Waals surface area contributed by atoms with E-state index in [9.17, 15) is 4.39 Å². The zero-order valence-corrected chi connectivity index (χ0v) is 11.5. The fourth-order valence-electron chi connectivity index (χ4n) is 1.53. The van der Waals surface area contributed by atoms with Gasteiger partial charge in [-0.25, -0.2) is 14.4 Å². The van der Waals surface area contributed by atoms with E-state index in [0.29, 0.717) is 5.82 Å². The summed E-state index contributed by atoms with van der Waals surface area (Å²) >= 11 is 1.76. The molecule has 2 aromatic rings. The first-order valence-electron chi connectivity index (χ1n) is 5.94. The van der Waals surface area contributed by atoms with Crippen molar-refractivity contribution in [2.24, 2.45) is 0 Å². The van der Waals surface area contributed by atoms with Crippen LogP contribution in [0.3, 0.4) is 0 Å². The van der Waals surface area contributed by atoms with E-state index in [1.54, 1.807) is 37.2 Å². The highest BCUT2D eigenvalue weighted by molar-refractivity contribution is 7.98. The van der Waals surface area contributed by atoms with E-state index in [4.69, 9.17) is 4.74 Å². The lowest BCUT2D eigenvalue weighted by molar-refractivity contribution is 0.218. The zero-order valence-electron chi connectivity index (χ0n) is 10.7. The maximum atomic E-state index is 12.9. The molecule has 0 bridgehead atoms. The first-order valence-corrected chi connectivity index (χ1v) is 7.09. The zero-order chi connectivity index (χ0) is 13.5. The van der Waals surface area contributed by atoms with Crippen LogP contribution in [-0.2, 0) is 10.5 Å². The Bertz CT molecular complexity index is 519. The van der Waals surface area contributed by atoms with Crippen LogP contribution in [0.4, 0.5) is 4.39 Å². The van der Waals surface area contributed by atoms with Crippen LogP contribution in [-0.4, -0.2) is 29.4 Å². The van der Waals surface area contributed by atoms with E-state index in [0.717, 1.165) is 29.4 Å². The van der Waals surface area contributed by atoms with Crippen LogP contribution >= 0.6 is 11.8 Å². The molecule has 0 saturated carbocycles. The van der Waals surface area contributed by atoms with Gasteiger partial charge in [-0.05, 0) is 30.3 Å². The van der Waals surface area contributed by atoms with Crippen molar-refractivity contribution in [3.63, 3.8) is 0 Å². The van der Waals surface area contributed by atoms with Gasteiger partial charge in [-0.15, -0.1) is 0 Å². The van der Waals surface area contributed by atoms with Crippen molar-refractivity contribution in [2.45, 2.75) is 5.75 Å². The van der Waals surface area contributed by atoms with E-state index >= 15 is 0 Å².